The SMILES string of the molecule is CC(C)c1ccccc1OCCCC(C)(C)CN. The van der Waals surface area contributed by atoms with Crippen molar-refractivity contribution in [1.29, 1.82) is 0 Å². The molecule has 0 aliphatic carbocycles. The largest absolute Gasteiger partial charge is 0.493 e. The quantitative estimate of drug-likeness (QED) is 0.742. The molecular formula is C16H27NO. The van der Waals surface area contributed by atoms with Gasteiger partial charge in [0.15, 0.2) is 0 Å². The topological polar surface area (TPSA) is 35.2 Å². The van der Waals surface area contributed by atoms with Gasteiger partial charge in [-0.2, -0.15) is 0 Å². The number of rotatable bonds is 7. The average molecular weight is 249 g/mol. The Morgan fingerprint density at radius 1 is 1.22 bits per heavy atom. The highest BCUT2D eigenvalue weighted by Gasteiger charge is 2.15. The van der Waals surface area contributed by atoms with Crippen molar-refractivity contribution in [3.8, 4) is 5.75 Å². The lowest BCUT2D eigenvalue weighted by atomic mass is 9.88. The van der Waals surface area contributed by atoms with E-state index in [1.54, 1.807) is 0 Å². The minimum atomic E-state index is 0.223. The van der Waals surface area contributed by atoms with Crippen molar-refractivity contribution < 1.29 is 4.74 Å². The highest BCUT2D eigenvalue weighted by atomic mass is 16.5. The van der Waals surface area contributed by atoms with E-state index in [-0.39, 0.29) is 5.41 Å². The molecule has 0 aliphatic rings. The Kier molecular flexibility index (Phi) is 5.67. The first-order valence-electron chi connectivity index (χ1n) is 6.88. The van der Waals surface area contributed by atoms with Crippen LogP contribution in [0.1, 0.15) is 52.0 Å². The van der Waals surface area contributed by atoms with Gasteiger partial charge in [0.25, 0.3) is 0 Å². The van der Waals surface area contributed by atoms with Crippen molar-refractivity contribution in [2.45, 2.75) is 46.5 Å². The summed E-state index contributed by atoms with van der Waals surface area (Å²) in [5.74, 6) is 1.53. The number of hydrogen-bond donors (Lipinski definition) is 1. The molecule has 0 heterocycles. The van der Waals surface area contributed by atoms with Crippen LogP contribution in [0.4, 0.5) is 0 Å². The van der Waals surface area contributed by atoms with Gasteiger partial charge in [0, 0.05) is 0 Å². The van der Waals surface area contributed by atoms with Crippen LogP contribution in [0.25, 0.3) is 0 Å². The summed E-state index contributed by atoms with van der Waals surface area (Å²) in [5, 5.41) is 0. The summed E-state index contributed by atoms with van der Waals surface area (Å²) in [7, 11) is 0. The fourth-order valence-electron chi connectivity index (χ4n) is 1.92. The lowest BCUT2D eigenvalue weighted by Crippen LogP contribution is -2.24. The minimum Gasteiger partial charge on any atom is -0.493 e. The fraction of sp³-hybridized carbons (Fsp3) is 0.625. The zero-order valence-electron chi connectivity index (χ0n) is 12.2. The molecule has 0 aliphatic heterocycles. The second-order valence-corrected chi connectivity index (χ2v) is 6.01. The highest BCUT2D eigenvalue weighted by molar-refractivity contribution is 5.35. The van der Waals surface area contributed by atoms with Crippen molar-refractivity contribution >= 4 is 0 Å². The molecular weight excluding hydrogens is 222 g/mol. The van der Waals surface area contributed by atoms with Crippen LogP contribution in [-0.2, 0) is 0 Å². The monoisotopic (exact) mass is 249 g/mol. The smallest absolute Gasteiger partial charge is 0.122 e. The van der Waals surface area contributed by atoms with Gasteiger partial charge in [0.1, 0.15) is 5.75 Å². The number of ether oxygens (including phenoxy) is 1. The molecule has 2 heteroatoms. The van der Waals surface area contributed by atoms with Gasteiger partial charge in [-0.25, -0.2) is 0 Å². The predicted octanol–water partition coefficient (Wildman–Crippen LogP) is 3.95. The predicted molar refractivity (Wildman–Crippen MR) is 78.1 cm³/mol. The first kappa shape index (κ1) is 15.0. The molecule has 0 fully saturated rings. The van der Waals surface area contributed by atoms with E-state index in [9.17, 15) is 0 Å². The number of benzene rings is 1. The molecule has 1 aromatic rings. The maximum absolute atomic E-state index is 5.90. The van der Waals surface area contributed by atoms with Crippen LogP contribution in [0, 0.1) is 5.41 Å². The van der Waals surface area contributed by atoms with Gasteiger partial charge < -0.3 is 10.5 Å². The molecule has 0 bridgehead atoms. The molecule has 0 amide bonds. The summed E-state index contributed by atoms with van der Waals surface area (Å²) in [6.45, 7) is 10.3. The second-order valence-electron chi connectivity index (χ2n) is 6.01. The lowest BCUT2D eigenvalue weighted by Gasteiger charge is -2.22. The molecule has 0 aromatic heterocycles. The normalized spacial score (nSPS) is 11.9. The van der Waals surface area contributed by atoms with Crippen LogP contribution >= 0.6 is 0 Å². The van der Waals surface area contributed by atoms with Crippen molar-refractivity contribution in [2.75, 3.05) is 13.2 Å². The number of nitrogens with two attached hydrogens (primary N) is 1. The third-order valence-corrected chi connectivity index (χ3v) is 3.35. The first-order chi connectivity index (χ1) is 8.46. The second kappa shape index (κ2) is 6.79. The third kappa shape index (κ3) is 4.69. The van der Waals surface area contributed by atoms with E-state index in [0.29, 0.717) is 5.92 Å². The Bertz CT molecular complexity index is 358. The minimum absolute atomic E-state index is 0.223. The molecule has 0 radical (unpaired) electrons. The van der Waals surface area contributed by atoms with Crippen LogP contribution in [0.5, 0.6) is 5.75 Å². The summed E-state index contributed by atoms with van der Waals surface area (Å²) >= 11 is 0. The van der Waals surface area contributed by atoms with Crippen LogP contribution in [-0.4, -0.2) is 13.2 Å². The molecule has 0 saturated carbocycles. The van der Waals surface area contributed by atoms with Gasteiger partial charge in [0.2, 0.25) is 0 Å². The van der Waals surface area contributed by atoms with Crippen LogP contribution in [0.2, 0.25) is 0 Å². The van der Waals surface area contributed by atoms with Gasteiger partial charge in [-0.3, -0.25) is 0 Å². The molecule has 0 atom stereocenters. The molecule has 1 rings (SSSR count). The maximum atomic E-state index is 5.90. The molecule has 1 aromatic carbocycles. The summed E-state index contributed by atoms with van der Waals surface area (Å²) in [4.78, 5) is 0. The van der Waals surface area contributed by atoms with E-state index in [1.165, 1.54) is 5.56 Å². The molecule has 18 heavy (non-hydrogen) atoms. The van der Waals surface area contributed by atoms with Gasteiger partial charge in [-0.1, -0.05) is 45.9 Å². The number of para-hydroxylation sites is 1. The standard InChI is InChI=1S/C16H27NO/c1-13(2)14-8-5-6-9-15(14)18-11-7-10-16(3,4)12-17/h5-6,8-9,13H,7,10-12,17H2,1-4H3. The van der Waals surface area contributed by atoms with Crippen LogP contribution in [0.15, 0.2) is 24.3 Å². The molecule has 0 unspecified atom stereocenters. The molecule has 102 valence electrons. The summed E-state index contributed by atoms with van der Waals surface area (Å²) in [6.07, 6.45) is 2.16. The molecule has 0 saturated heterocycles. The maximum Gasteiger partial charge on any atom is 0.122 e. The van der Waals surface area contributed by atoms with Crippen LogP contribution in [0.3, 0.4) is 0 Å². The summed E-state index contributed by atoms with van der Waals surface area (Å²) in [6, 6.07) is 8.30. The fourth-order valence-corrected chi connectivity index (χ4v) is 1.92. The Morgan fingerprint density at radius 3 is 2.50 bits per heavy atom. The lowest BCUT2D eigenvalue weighted by molar-refractivity contribution is 0.259. The van der Waals surface area contributed by atoms with E-state index in [2.05, 4.69) is 45.9 Å². The Balaban J connectivity index is 2.45. The average Bonchev–Trinajstić information content (AvgIpc) is 2.35. The molecule has 2 N–H and O–H groups in total. The zero-order valence-corrected chi connectivity index (χ0v) is 12.2. The van der Waals surface area contributed by atoms with Gasteiger partial charge >= 0.3 is 0 Å². The highest BCUT2D eigenvalue weighted by Crippen LogP contribution is 2.26. The van der Waals surface area contributed by atoms with Crippen molar-refractivity contribution in [3.05, 3.63) is 29.8 Å². The van der Waals surface area contributed by atoms with E-state index in [1.807, 2.05) is 6.07 Å². The third-order valence-electron chi connectivity index (χ3n) is 3.35. The van der Waals surface area contributed by atoms with Crippen molar-refractivity contribution in [2.24, 2.45) is 11.1 Å². The molecule has 0 spiro atoms. The first-order valence-corrected chi connectivity index (χ1v) is 6.88. The van der Waals surface area contributed by atoms with E-state index in [4.69, 9.17) is 10.5 Å². The zero-order chi connectivity index (χ0) is 13.6. The van der Waals surface area contributed by atoms with E-state index < -0.39 is 0 Å². The van der Waals surface area contributed by atoms with E-state index >= 15 is 0 Å². The van der Waals surface area contributed by atoms with E-state index in [0.717, 1.165) is 31.7 Å². The van der Waals surface area contributed by atoms with Gasteiger partial charge in [-0.15, -0.1) is 0 Å². The molecule has 2 nitrogen and oxygen atoms in total. The van der Waals surface area contributed by atoms with Crippen LogP contribution < -0.4 is 10.5 Å². The Hall–Kier alpha value is -1.02. The van der Waals surface area contributed by atoms with Crippen molar-refractivity contribution in [3.63, 3.8) is 0 Å². The summed E-state index contributed by atoms with van der Waals surface area (Å²) in [5.41, 5.74) is 7.23. The Morgan fingerprint density at radius 2 is 1.89 bits per heavy atom. The van der Waals surface area contributed by atoms with Gasteiger partial charge in [-0.05, 0) is 42.3 Å². The Labute approximate surface area is 112 Å². The number of hydrogen-bond acceptors (Lipinski definition) is 2. The van der Waals surface area contributed by atoms with Gasteiger partial charge in [0.05, 0.1) is 6.61 Å². The van der Waals surface area contributed by atoms with Crippen molar-refractivity contribution in [1.82, 2.24) is 0 Å². The summed E-state index contributed by atoms with van der Waals surface area (Å²) < 4.78 is 5.90.